The molecule has 0 aliphatic heterocycles. The second-order valence-corrected chi connectivity index (χ2v) is 4.30. The Hall–Kier alpha value is -1.23. The zero-order valence-electron chi connectivity index (χ0n) is 10.2. The van der Waals surface area contributed by atoms with Gasteiger partial charge in [0.25, 0.3) is 0 Å². The van der Waals surface area contributed by atoms with Crippen LogP contribution < -0.4 is 14.8 Å². The molecule has 1 aromatic rings. The molecule has 0 heterocycles. The number of methoxy groups -OCH3 is 2. The molecule has 0 fully saturated rings. The summed E-state index contributed by atoms with van der Waals surface area (Å²) in [4.78, 5) is 10.8. The fourth-order valence-electron chi connectivity index (χ4n) is 1.50. The van der Waals surface area contributed by atoms with Crippen LogP contribution in [0, 0.1) is 0 Å². The van der Waals surface area contributed by atoms with E-state index in [2.05, 4.69) is 21.2 Å². The molecular formula is C12H16BrNO3. The van der Waals surface area contributed by atoms with Gasteiger partial charge in [0.05, 0.1) is 18.7 Å². The number of hydrogen-bond acceptors (Lipinski definition) is 3. The first-order valence-corrected chi connectivity index (χ1v) is 6.03. The normalized spacial score (nSPS) is 9.88. The van der Waals surface area contributed by atoms with Crippen molar-refractivity contribution in [2.45, 2.75) is 13.3 Å². The summed E-state index contributed by atoms with van der Waals surface area (Å²) < 4.78 is 11.3. The van der Waals surface area contributed by atoms with Crippen LogP contribution in [0.4, 0.5) is 0 Å². The topological polar surface area (TPSA) is 47.6 Å². The van der Waals surface area contributed by atoms with E-state index in [1.165, 1.54) is 6.92 Å². The minimum atomic E-state index is -0.0263. The van der Waals surface area contributed by atoms with Gasteiger partial charge in [-0.1, -0.05) is 6.07 Å². The number of nitrogens with one attached hydrogen (secondary N) is 1. The number of benzene rings is 1. The van der Waals surface area contributed by atoms with Crippen molar-refractivity contribution in [2.75, 3.05) is 20.8 Å². The van der Waals surface area contributed by atoms with Crippen LogP contribution in [0.2, 0.25) is 0 Å². The van der Waals surface area contributed by atoms with Gasteiger partial charge in [0.2, 0.25) is 5.91 Å². The first-order valence-electron chi connectivity index (χ1n) is 5.24. The van der Waals surface area contributed by atoms with Crippen molar-refractivity contribution in [3.63, 3.8) is 0 Å². The molecule has 1 N–H and O–H groups in total. The van der Waals surface area contributed by atoms with Gasteiger partial charge in [0.1, 0.15) is 0 Å². The van der Waals surface area contributed by atoms with Crippen LogP contribution >= 0.6 is 15.9 Å². The molecule has 0 aliphatic rings. The standard InChI is InChI=1S/C12H16BrNO3/c1-8(15)14-7-6-9-4-5-10(16-2)12(17-3)11(9)13/h4-5H,6-7H2,1-3H3,(H,14,15). The fraction of sp³-hybridized carbons (Fsp3) is 0.417. The molecule has 94 valence electrons. The van der Waals surface area contributed by atoms with Crippen molar-refractivity contribution < 1.29 is 14.3 Å². The number of hydrogen-bond donors (Lipinski definition) is 1. The lowest BCUT2D eigenvalue weighted by molar-refractivity contribution is -0.118. The Kier molecular flexibility index (Phi) is 5.28. The molecule has 1 aromatic carbocycles. The maximum absolute atomic E-state index is 10.8. The largest absolute Gasteiger partial charge is 0.493 e. The average Bonchev–Trinajstić information content (AvgIpc) is 2.30. The van der Waals surface area contributed by atoms with Gasteiger partial charge in [-0.3, -0.25) is 4.79 Å². The third-order valence-corrected chi connectivity index (χ3v) is 3.20. The van der Waals surface area contributed by atoms with Gasteiger partial charge < -0.3 is 14.8 Å². The van der Waals surface area contributed by atoms with Gasteiger partial charge in [-0.2, -0.15) is 0 Å². The molecule has 17 heavy (non-hydrogen) atoms. The second-order valence-electron chi connectivity index (χ2n) is 3.51. The summed E-state index contributed by atoms with van der Waals surface area (Å²) in [5.74, 6) is 1.33. The Morgan fingerprint density at radius 2 is 2.06 bits per heavy atom. The summed E-state index contributed by atoms with van der Waals surface area (Å²) in [6, 6.07) is 3.81. The number of halogens is 1. The molecule has 1 amide bonds. The van der Waals surface area contributed by atoms with Gasteiger partial charge in [0.15, 0.2) is 11.5 Å². The maximum Gasteiger partial charge on any atom is 0.216 e. The van der Waals surface area contributed by atoms with Crippen molar-refractivity contribution in [3.05, 3.63) is 22.2 Å². The molecular weight excluding hydrogens is 286 g/mol. The van der Waals surface area contributed by atoms with Gasteiger partial charge in [0, 0.05) is 13.5 Å². The third-order valence-electron chi connectivity index (χ3n) is 2.33. The summed E-state index contributed by atoms with van der Waals surface area (Å²) in [6.07, 6.45) is 0.737. The van der Waals surface area contributed by atoms with E-state index in [0.29, 0.717) is 18.0 Å². The van der Waals surface area contributed by atoms with Crippen LogP contribution in [-0.4, -0.2) is 26.7 Å². The van der Waals surface area contributed by atoms with Crippen LogP contribution in [0.15, 0.2) is 16.6 Å². The van der Waals surface area contributed by atoms with Crippen molar-refractivity contribution in [3.8, 4) is 11.5 Å². The highest BCUT2D eigenvalue weighted by Gasteiger charge is 2.12. The number of carbonyl (C=O) groups is 1. The van der Waals surface area contributed by atoms with Crippen LogP contribution in [-0.2, 0) is 11.2 Å². The molecule has 0 radical (unpaired) electrons. The summed E-state index contributed by atoms with van der Waals surface area (Å²) >= 11 is 3.48. The molecule has 0 bridgehead atoms. The Bertz CT molecular complexity index is 407. The summed E-state index contributed by atoms with van der Waals surface area (Å²) in [5, 5.41) is 2.76. The average molecular weight is 302 g/mol. The van der Waals surface area contributed by atoms with Crippen molar-refractivity contribution in [1.82, 2.24) is 5.32 Å². The van der Waals surface area contributed by atoms with E-state index in [4.69, 9.17) is 9.47 Å². The lowest BCUT2D eigenvalue weighted by Gasteiger charge is -2.13. The Morgan fingerprint density at radius 1 is 1.35 bits per heavy atom. The Morgan fingerprint density at radius 3 is 2.59 bits per heavy atom. The molecule has 5 heteroatoms. The molecule has 0 aliphatic carbocycles. The van der Waals surface area contributed by atoms with Gasteiger partial charge in [-0.05, 0) is 34.0 Å². The lowest BCUT2D eigenvalue weighted by Crippen LogP contribution is -2.22. The van der Waals surface area contributed by atoms with E-state index in [1.807, 2.05) is 12.1 Å². The van der Waals surface area contributed by atoms with Crippen molar-refractivity contribution in [2.24, 2.45) is 0 Å². The number of amides is 1. The van der Waals surface area contributed by atoms with Crippen LogP contribution in [0.1, 0.15) is 12.5 Å². The number of rotatable bonds is 5. The van der Waals surface area contributed by atoms with E-state index in [-0.39, 0.29) is 5.91 Å². The molecule has 0 saturated carbocycles. The fourth-order valence-corrected chi connectivity index (χ4v) is 2.18. The monoisotopic (exact) mass is 301 g/mol. The number of carbonyl (C=O) groups excluding carboxylic acids is 1. The maximum atomic E-state index is 10.8. The Balaban J connectivity index is 2.83. The first-order chi connectivity index (χ1) is 8.10. The van der Waals surface area contributed by atoms with E-state index in [1.54, 1.807) is 14.2 Å². The smallest absolute Gasteiger partial charge is 0.216 e. The molecule has 1 rings (SSSR count). The molecule has 0 aromatic heterocycles. The lowest BCUT2D eigenvalue weighted by atomic mass is 10.1. The molecule has 0 saturated heterocycles. The van der Waals surface area contributed by atoms with Gasteiger partial charge >= 0.3 is 0 Å². The van der Waals surface area contributed by atoms with Crippen LogP contribution in [0.25, 0.3) is 0 Å². The van der Waals surface area contributed by atoms with E-state index in [0.717, 1.165) is 16.5 Å². The van der Waals surface area contributed by atoms with Gasteiger partial charge in [-0.15, -0.1) is 0 Å². The van der Waals surface area contributed by atoms with Crippen LogP contribution in [0.3, 0.4) is 0 Å². The summed E-state index contributed by atoms with van der Waals surface area (Å²) in [6.45, 7) is 2.10. The minimum Gasteiger partial charge on any atom is -0.493 e. The molecule has 0 atom stereocenters. The minimum absolute atomic E-state index is 0.0263. The first kappa shape index (κ1) is 13.8. The highest BCUT2D eigenvalue weighted by Crippen LogP contribution is 2.37. The SMILES string of the molecule is COc1ccc(CCNC(C)=O)c(Br)c1OC. The molecule has 0 spiro atoms. The van der Waals surface area contributed by atoms with Crippen LogP contribution in [0.5, 0.6) is 11.5 Å². The summed E-state index contributed by atoms with van der Waals surface area (Å²) in [5.41, 5.74) is 1.07. The highest BCUT2D eigenvalue weighted by molar-refractivity contribution is 9.10. The van der Waals surface area contributed by atoms with E-state index >= 15 is 0 Å². The van der Waals surface area contributed by atoms with E-state index < -0.39 is 0 Å². The predicted octanol–water partition coefficient (Wildman–Crippen LogP) is 2.14. The van der Waals surface area contributed by atoms with Crippen molar-refractivity contribution in [1.29, 1.82) is 0 Å². The van der Waals surface area contributed by atoms with Gasteiger partial charge in [-0.25, -0.2) is 0 Å². The summed E-state index contributed by atoms with van der Waals surface area (Å²) in [7, 11) is 3.20. The zero-order valence-corrected chi connectivity index (χ0v) is 11.8. The Labute approximate surface area is 109 Å². The van der Waals surface area contributed by atoms with E-state index in [9.17, 15) is 4.79 Å². The third kappa shape index (κ3) is 3.63. The number of ether oxygens (including phenoxy) is 2. The predicted molar refractivity (Wildman–Crippen MR) is 69.6 cm³/mol. The second kappa shape index (κ2) is 6.49. The molecule has 0 unspecified atom stereocenters. The van der Waals surface area contributed by atoms with Crippen molar-refractivity contribution >= 4 is 21.8 Å². The quantitative estimate of drug-likeness (QED) is 0.906. The zero-order chi connectivity index (χ0) is 12.8. The highest BCUT2D eigenvalue weighted by atomic mass is 79.9. The molecule has 4 nitrogen and oxygen atoms in total.